The maximum Gasteiger partial charge on any atom is 0.417 e. The fourth-order valence-corrected chi connectivity index (χ4v) is 2.85. The highest BCUT2D eigenvalue weighted by Gasteiger charge is 2.36. The number of carboxylic acids is 1. The Labute approximate surface area is 151 Å². The minimum Gasteiger partial charge on any atom is -0.494 e. The lowest BCUT2D eigenvalue weighted by molar-refractivity contribution is -0.138. The molecule has 0 spiro atoms. The average Bonchev–Trinajstić information content (AvgIpc) is 2.59. The number of nitriles is 1. The molecule has 0 fully saturated rings. The molecule has 1 aromatic carbocycles. The van der Waals surface area contributed by atoms with E-state index in [4.69, 9.17) is 15.1 Å². The summed E-state index contributed by atoms with van der Waals surface area (Å²) in [6.07, 6.45) is -4.77. The van der Waals surface area contributed by atoms with Gasteiger partial charge in [-0.1, -0.05) is 11.8 Å². The van der Waals surface area contributed by atoms with E-state index in [1.165, 1.54) is 6.07 Å². The van der Waals surface area contributed by atoms with Crippen LogP contribution >= 0.6 is 11.8 Å². The number of alkyl halides is 3. The zero-order chi connectivity index (χ0) is 19.3. The summed E-state index contributed by atoms with van der Waals surface area (Å²) in [6.45, 7) is 2.25. The van der Waals surface area contributed by atoms with Gasteiger partial charge in [-0.25, -0.2) is 4.98 Å². The van der Waals surface area contributed by atoms with Crippen molar-refractivity contribution in [1.82, 2.24) is 4.98 Å². The summed E-state index contributed by atoms with van der Waals surface area (Å²) in [7, 11) is 0. The number of hydrogen-bond acceptors (Lipinski definition) is 5. The highest BCUT2D eigenvalue weighted by molar-refractivity contribution is 7.99. The molecule has 0 saturated carbocycles. The molecule has 0 atom stereocenters. The first-order chi connectivity index (χ1) is 12.3. The number of nitrogens with zero attached hydrogens (tertiary/aromatic N) is 2. The van der Waals surface area contributed by atoms with E-state index in [0.29, 0.717) is 29.7 Å². The Hall–Kier alpha value is -2.73. The second kappa shape index (κ2) is 8.10. The van der Waals surface area contributed by atoms with Crippen LogP contribution in [-0.2, 0) is 11.0 Å². The van der Waals surface area contributed by atoms with Crippen LogP contribution in [0, 0.1) is 11.3 Å². The Bertz CT molecular complexity index is 846. The number of hydrogen-bond donors (Lipinski definition) is 1. The van der Waals surface area contributed by atoms with Crippen molar-refractivity contribution in [3.8, 4) is 23.1 Å². The van der Waals surface area contributed by atoms with Crippen LogP contribution in [0.2, 0.25) is 0 Å². The highest BCUT2D eigenvalue weighted by atomic mass is 32.2. The maximum atomic E-state index is 13.3. The van der Waals surface area contributed by atoms with Gasteiger partial charge in [-0.15, -0.1) is 0 Å². The van der Waals surface area contributed by atoms with Gasteiger partial charge in [0.05, 0.1) is 29.2 Å². The topological polar surface area (TPSA) is 83.2 Å². The third-order valence-electron chi connectivity index (χ3n) is 3.20. The zero-order valence-electron chi connectivity index (χ0n) is 13.5. The van der Waals surface area contributed by atoms with Crippen molar-refractivity contribution in [3.05, 3.63) is 41.5 Å². The normalized spacial score (nSPS) is 11.0. The van der Waals surface area contributed by atoms with Crippen molar-refractivity contribution in [2.45, 2.75) is 18.1 Å². The third-order valence-corrected chi connectivity index (χ3v) is 4.16. The van der Waals surface area contributed by atoms with Gasteiger partial charge in [0.2, 0.25) is 0 Å². The fraction of sp³-hybridized carbons (Fsp3) is 0.235. The van der Waals surface area contributed by atoms with Crippen LogP contribution in [0.5, 0.6) is 5.75 Å². The predicted octanol–water partition coefficient (Wildman–Crippen LogP) is 4.21. The van der Waals surface area contributed by atoms with E-state index in [9.17, 15) is 18.0 Å². The SMILES string of the molecule is CCOc1ccc(-c2cc(C(F)(F)F)c(C#N)c(SCC(=O)O)n2)cc1. The monoisotopic (exact) mass is 382 g/mol. The van der Waals surface area contributed by atoms with Crippen molar-refractivity contribution >= 4 is 17.7 Å². The van der Waals surface area contributed by atoms with Gasteiger partial charge >= 0.3 is 12.1 Å². The van der Waals surface area contributed by atoms with Crippen molar-refractivity contribution < 1.29 is 27.8 Å². The highest BCUT2D eigenvalue weighted by Crippen LogP contribution is 2.38. The number of rotatable bonds is 6. The van der Waals surface area contributed by atoms with E-state index in [2.05, 4.69) is 4.98 Å². The molecule has 0 saturated heterocycles. The number of carbonyl (C=O) groups is 1. The molecule has 1 heterocycles. The summed E-state index contributed by atoms with van der Waals surface area (Å²) in [6, 6.07) is 8.55. The lowest BCUT2D eigenvalue weighted by atomic mass is 10.1. The van der Waals surface area contributed by atoms with E-state index in [1.807, 2.05) is 0 Å². The van der Waals surface area contributed by atoms with Gasteiger partial charge in [-0.3, -0.25) is 4.79 Å². The molecule has 2 rings (SSSR count). The number of ether oxygens (including phenoxy) is 1. The van der Waals surface area contributed by atoms with Gasteiger partial charge in [0, 0.05) is 5.56 Å². The van der Waals surface area contributed by atoms with Gasteiger partial charge in [0.25, 0.3) is 0 Å². The standard InChI is InChI=1S/C17H13F3N2O3S/c1-2-25-11-5-3-10(4-6-11)14-7-13(17(18,19)20)12(8-21)16(22-14)26-9-15(23)24/h3-7H,2,9H2,1H3,(H,23,24). The van der Waals surface area contributed by atoms with Gasteiger partial charge in [-0.05, 0) is 37.3 Å². The van der Waals surface area contributed by atoms with E-state index in [0.717, 1.165) is 6.07 Å². The Morgan fingerprint density at radius 3 is 2.50 bits per heavy atom. The first-order valence-corrected chi connectivity index (χ1v) is 8.35. The van der Waals surface area contributed by atoms with Crippen LogP contribution in [0.1, 0.15) is 18.1 Å². The van der Waals surface area contributed by atoms with Crippen molar-refractivity contribution in [1.29, 1.82) is 5.26 Å². The van der Waals surface area contributed by atoms with Gasteiger partial charge < -0.3 is 9.84 Å². The molecular formula is C17H13F3N2O3S. The molecular weight excluding hydrogens is 369 g/mol. The molecule has 1 N–H and O–H groups in total. The Balaban J connectivity index is 2.57. The molecule has 0 aliphatic rings. The quantitative estimate of drug-likeness (QED) is 0.754. The summed E-state index contributed by atoms with van der Waals surface area (Å²) in [5.41, 5.74) is -1.45. The Kier molecular flexibility index (Phi) is 6.10. The largest absolute Gasteiger partial charge is 0.494 e. The summed E-state index contributed by atoms with van der Waals surface area (Å²) in [5.74, 6) is -1.17. The molecule has 0 bridgehead atoms. The molecule has 0 unspecified atom stereocenters. The van der Waals surface area contributed by atoms with Crippen molar-refractivity contribution in [2.24, 2.45) is 0 Å². The molecule has 0 radical (unpaired) electrons. The van der Waals surface area contributed by atoms with Crippen molar-refractivity contribution in [3.63, 3.8) is 0 Å². The second-order valence-electron chi connectivity index (χ2n) is 4.98. The van der Waals surface area contributed by atoms with E-state index >= 15 is 0 Å². The summed E-state index contributed by atoms with van der Waals surface area (Å²) in [5, 5.41) is 17.6. The minimum absolute atomic E-state index is 0.00716. The maximum absolute atomic E-state index is 13.3. The van der Waals surface area contributed by atoms with Crippen LogP contribution < -0.4 is 4.74 Å². The molecule has 5 nitrogen and oxygen atoms in total. The number of aromatic nitrogens is 1. The van der Waals surface area contributed by atoms with E-state index in [-0.39, 0.29) is 10.7 Å². The van der Waals surface area contributed by atoms with Gasteiger partial charge in [0.1, 0.15) is 16.8 Å². The first-order valence-electron chi connectivity index (χ1n) is 7.36. The molecule has 136 valence electrons. The van der Waals surface area contributed by atoms with Crippen molar-refractivity contribution in [2.75, 3.05) is 12.4 Å². The number of thioether (sulfide) groups is 1. The number of carboxylic acid groups (broad SMARTS) is 1. The Morgan fingerprint density at radius 1 is 1.35 bits per heavy atom. The molecule has 1 aromatic heterocycles. The number of aliphatic carboxylic acids is 1. The summed E-state index contributed by atoms with van der Waals surface area (Å²) >= 11 is 0.572. The molecule has 26 heavy (non-hydrogen) atoms. The number of halogens is 3. The number of pyridine rings is 1. The lowest BCUT2D eigenvalue weighted by Crippen LogP contribution is -2.11. The van der Waals surface area contributed by atoms with Crippen LogP contribution in [0.15, 0.2) is 35.4 Å². The van der Waals surface area contributed by atoms with Gasteiger partial charge in [-0.2, -0.15) is 18.4 Å². The first kappa shape index (κ1) is 19.6. The molecule has 2 aromatic rings. The Morgan fingerprint density at radius 2 is 2.00 bits per heavy atom. The summed E-state index contributed by atoms with van der Waals surface area (Å²) in [4.78, 5) is 14.8. The van der Waals surface area contributed by atoms with Crippen LogP contribution in [0.4, 0.5) is 13.2 Å². The predicted molar refractivity (Wildman–Crippen MR) is 88.9 cm³/mol. The van der Waals surface area contributed by atoms with Crippen LogP contribution in [0.3, 0.4) is 0 Å². The second-order valence-corrected chi connectivity index (χ2v) is 5.95. The third kappa shape index (κ3) is 4.67. The zero-order valence-corrected chi connectivity index (χ0v) is 14.3. The van der Waals surface area contributed by atoms with Crippen LogP contribution in [-0.4, -0.2) is 28.4 Å². The smallest absolute Gasteiger partial charge is 0.417 e. The summed E-state index contributed by atoms with van der Waals surface area (Å²) < 4.78 is 45.3. The minimum atomic E-state index is -4.77. The van der Waals surface area contributed by atoms with E-state index in [1.54, 1.807) is 31.2 Å². The molecule has 0 aliphatic heterocycles. The van der Waals surface area contributed by atoms with Crippen LogP contribution in [0.25, 0.3) is 11.3 Å². The molecule has 0 aliphatic carbocycles. The lowest BCUT2D eigenvalue weighted by Gasteiger charge is -2.14. The van der Waals surface area contributed by atoms with Gasteiger partial charge in [0.15, 0.2) is 0 Å². The van der Waals surface area contributed by atoms with E-state index < -0.39 is 29.0 Å². The fourth-order valence-electron chi connectivity index (χ4n) is 2.12. The molecule has 9 heteroatoms. The average molecular weight is 382 g/mol. The number of benzene rings is 1. The molecule has 0 amide bonds.